The quantitative estimate of drug-likeness (QED) is 0.130. The summed E-state index contributed by atoms with van der Waals surface area (Å²) in [6.45, 7) is 8.10. The molecule has 6 rings (SSSR count). The normalized spacial score (nSPS) is 15.7. The van der Waals surface area contributed by atoms with Crippen molar-refractivity contribution >= 4 is 0 Å². The van der Waals surface area contributed by atoms with Gasteiger partial charge in [0.05, 0.1) is 43.0 Å². The van der Waals surface area contributed by atoms with Gasteiger partial charge >= 0.3 is 18.5 Å². The summed E-state index contributed by atoms with van der Waals surface area (Å²) in [5.74, 6) is 0.816. The predicted molar refractivity (Wildman–Crippen MR) is 195 cm³/mol. The van der Waals surface area contributed by atoms with E-state index in [9.17, 15) is 39.5 Å². The third-order valence-corrected chi connectivity index (χ3v) is 10.7. The van der Waals surface area contributed by atoms with Gasteiger partial charge in [0.2, 0.25) is 0 Å². The summed E-state index contributed by atoms with van der Waals surface area (Å²) in [7, 11) is 0. The fraction of sp³-hybridized carbons (Fsp3) is 0.442. The number of hydrogen-bond acceptors (Lipinski definition) is 2. The van der Waals surface area contributed by atoms with E-state index in [-0.39, 0.29) is 40.7 Å². The fourth-order valence-electron chi connectivity index (χ4n) is 8.01. The van der Waals surface area contributed by atoms with Crippen LogP contribution in [-0.4, -0.2) is 30.8 Å². The van der Waals surface area contributed by atoms with Crippen molar-refractivity contribution in [3.8, 4) is 44.9 Å². The van der Waals surface area contributed by atoms with E-state index in [0.29, 0.717) is 101 Å². The number of hydrogen-bond donors (Lipinski definition) is 0. The molecule has 4 aromatic carbocycles. The second-order valence-corrected chi connectivity index (χ2v) is 14.9. The number of ether oxygens (including phenoxy) is 2. The minimum Gasteiger partial charge on any atom is -1.00 e. The average molecular weight is 859 g/mol. The van der Waals surface area contributed by atoms with Crippen LogP contribution in [0.15, 0.2) is 60.7 Å². The molecule has 4 aromatic rings. The topological polar surface area (TPSA) is 18.5 Å². The first-order chi connectivity index (χ1) is 25.9. The van der Waals surface area contributed by atoms with Crippen molar-refractivity contribution in [1.82, 2.24) is 0 Å². The molecule has 0 fully saturated rings. The zero-order valence-electron chi connectivity index (χ0n) is 31.5. The Bertz CT molecular complexity index is 1980. The van der Waals surface area contributed by atoms with Crippen molar-refractivity contribution in [2.24, 2.45) is 0 Å². The lowest BCUT2D eigenvalue weighted by molar-refractivity contribution is -0.953. The molecule has 0 bridgehead atoms. The molecule has 0 saturated heterocycles. The first-order valence-electron chi connectivity index (χ1n) is 18.9. The Labute approximate surface area is 332 Å². The van der Waals surface area contributed by atoms with Crippen LogP contribution in [0.1, 0.15) is 92.2 Å². The Hall–Kier alpha value is -3.71. The van der Waals surface area contributed by atoms with Crippen LogP contribution in [0.4, 0.5) is 39.5 Å². The van der Waals surface area contributed by atoms with Crippen molar-refractivity contribution in [2.75, 3.05) is 26.3 Å². The zero-order valence-corrected chi connectivity index (χ0v) is 33.1. The summed E-state index contributed by atoms with van der Waals surface area (Å²) in [6.07, 6.45) is -9.43. The third kappa shape index (κ3) is 9.35. The predicted octanol–water partition coefficient (Wildman–Crippen LogP) is 10.4. The minimum absolute atomic E-state index is 0. The van der Waals surface area contributed by atoms with Gasteiger partial charge < -0.3 is 30.9 Å². The Balaban J connectivity index is 0.00000600. The lowest BCUT2D eigenvalue weighted by Crippen LogP contribution is -3.00. The first-order valence-corrected chi connectivity index (χ1v) is 18.9. The number of quaternary nitrogens is 1. The molecule has 304 valence electrons. The highest BCUT2D eigenvalue weighted by molar-refractivity contribution is 5.91. The Morgan fingerprint density at radius 3 is 1.38 bits per heavy atom. The maximum atomic E-state index is 14.3. The van der Waals surface area contributed by atoms with E-state index >= 15 is 0 Å². The molecule has 2 aliphatic rings. The SMILES string of the molecule is CCCC[N+]1(CCCC)Cc2c(-c3cc(C)cc(C(F)(F)F)c3)ccc3c2-c2c(ccc(-c4cc(C(F)(F)F)cc(C(F)(F)F)c4)c2C1)OCCCCCO3.[Br-]. The van der Waals surface area contributed by atoms with Gasteiger partial charge in [0.25, 0.3) is 0 Å². The van der Waals surface area contributed by atoms with E-state index in [1.807, 2.05) is 13.8 Å². The maximum Gasteiger partial charge on any atom is 0.416 e. The molecule has 56 heavy (non-hydrogen) atoms. The molecule has 0 atom stereocenters. The minimum atomic E-state index is -5.06. The number of nitrogens with zero attached hydrogens (tertiary/aromatic N) is 1. The third-order valence-electron chi connectivity index (χ3n) is 10.7. The summed E-state index contributed by atoms with van der Waals surface area (Å²) in [5.41, 5.74) is -0.156. The molecule has 0 unspecified atom stereocenters. The highest BCUT2D eigenvalue weighted by Crippen LogP contribution is 2.52. The van der Waals surface area contributed by atoms with Crippen LogP contribution < -0.4 is 26.5 Å². The van der Waals surface area contributed by atoms with Crippen LogP contribution in [0.3, 0.4) is 0 Å². The van der Waals surface area contributed by atoms with Crippen molar-refractivity contribution in [3.05, 3.63) is 94.0 Å². The van der Waals surface area contributed by atoms with E-state index < -0.39 is 35.2 Å². The van der Waals surface area contributed by atoms with Crippen molar-refractivity contribution in [1.29, 1.82) is 0 Å². The Morgan fingerprint density at radius 1 is 0.554 bits per heavy atom. The summed E-state index contributed by atoms with van der Waals surface area (Å²) in [5, 5.41) is 0. The largest absolute Gasteiger partial charge is 1.00 e. The van der Waals surface area contributed by atoms with E-state index in [1.54, 1.807) is 37.3 Å². The van der Waals surface area contributed by atoms with Gasteiger partial charge in [-0.05, 0) is 109 Å². The summed E-state index contributed by atoms with van der Waals surface area (Å²) in [4.78, 5) is 0. The van der Waals surface area contributed by atoms with Crippen LogP contribution in [0, 0.1) is 6.92 Å². The van der Waals surface area contributed by atoms with Gasteiger partial charge in [0.1, 0.15) is 24.6 Å². The second-order valence-electron chi connectivity index (χ2n) is 14.9. The van der Waals surface area contributed by atoms with E-state index in [2.05, 4.69) is 0 Å². The molecule has 0 saturated carbocycles. The number of unbranched alkanes of at least 4 members (excludes halogenated alkanes) is 2. The van der Waals surface area contributed by atoms with Gasteiger partial charge in [-0.25, -0.2) is 0 Å². The Morgan fingerprint density at radius 2 is 0.964 bits per heavy atom. The lowest BCUT2D eigenvalue weighted by Gasteiger charge is -2.39. The second kappa shape index (κ2) is 17.0. The van der Waals surface area contributed by atoms with Gasteiger partial charge in [-0.1, -0.05) is 44.9 Å². The number of halogens is 10. The Kier molecular flexibility index (Phi) is 13.2. The number of alkyl halides is 9. The van der Waals surface area contributed by atoms with E-state index in [4.69, 9.17) is 9.47 Å². The van der Waals surface area contributed by atoms with Gasteiger partial charge in [-0.15, -0.1) is 0 Å². The van der Waals surface area contributed by atoms with Gasteiger partial charge in [-0.3, -0.25) is 0 Å². The van der Waals surface area contributed by atoms with Crippen LogP contribution >= 0.6 is 0 Å². The van der Waals surface area contributed by atoms with Crippen LogP contribution in [0.5, 0.6) is 11.5 Å². The molecule has 0 radical (unpaired) electrons. The maximum absolute atomic E-state index is 14.3. The van der Waals surface area contributed by atoms with E-state index in [1.165, 1.54) is 0 Å². The first kappa shape index (κ1) is 43.4. The highest BCUT2D eigenvalue weighted by Gasteiger charge is 2.41. The highest BCUT2D eigenvalue weighted by atomic mass is 79.9. The standard InChI is InChI=1S/C43H45F9NO2.BrH/c1-4-6-15-53(16-7-5-2)25-35-33(28-19-27(3)20-30(21-28)41(44,45)46)11-13-37-39(35)40-36(26-53)34(12-14-38(40)55-18-10-8-9-17-54-37)29-22-31(42(47,48)49)24-32(23-29)43(50,51)52;/h11-14,19-24H,4-10,15-18,25-26H2,1-3H3;1H/q+1;/p-1. The number of rotatable bonds is 8. The van der Waals surface area contributed by atoms with Gasteiger partial charge in [-0.2, -0.15) is 39.5 Å². The van der Waals surface area contributed by atoms with Crippen molar-refractivity contribution < 1.29 is 70.5 Å². The van der Waals surface area contributed by atoms with Gasteiger partial charge in [0.15, 0.2) is 0 Å². The van der Waals surface area contributed by atoms with Crippen LogP contribution in [0.2, 0.25) is 0 Å². The molecule has 3 nitrogen and oxygen atoms in total. The molecule has 0 spiro atoms. The lowest BCUT2D eigenvalue weighted by atomic mass is 9.85. The molecular formula is C43H45BrF9NO2. The summed E-state index contributed by atoms with van der Waals surface area (Å²) in [6, 6.07) is 12.2. The average Bonchev–Trinajstić information content (AvgIpc) is 3.29. The van der Waals surface area contributed by atoms with Crippen LogP contribution in [0.25, 0.3) is 33.4 Å². The molecule has 0 aromatic heterocycles. The monoisotopic (exact) mass is 857 g/mol. The number of aryl methyl sites for hydroxylation is 1. The summed E-state index contributed by atoms with van der Waals surface area (Å²) < 4.78 is 142. The molecule has 13 heteroatoms. The molecule has 2 aliphatic heterocycles. The zero-order chi connectivity index (χ0) is 39.8. The van der Waals surface area contributed by atoms with Crippen LogP contribution in [-0.2, 0) is 31.6 Å². The molecule has 2 heterocycles. The molecular weight excluding hydrogens is 813 g/mol. The van der Waals surface area contributed by atoms with Gasteiger partial charge in [0, 0.05) is 22.3 Å². The van der Waals surface area contributed by atoms with E-state index in [0.717, 1.165) is 56.4 Å². The number of benzene rings is 4. The fourth-order valence-corrected chi connectivity index (χ4v) is 8.01. The van der Waals surface area contributed by atoms with Crippen molar-refractivity contribution in [2.45, 2.75) is 97.3 Å². The molecule has 0 N–H and O–H groups in total. The smallest absolute Gasteiger partial charge is 0.416 e. The summed E-state index contributed by atoms with van der Waals surface area (Å²) >= 11 is 0. The molecule has 0 aliphatic carbocycles. The van der Waals surface area contributed by atoms with Crippen molar-refractivity contribution in [3.63, 3.8) is 0 Å². The molecule has 0 amide bonds.